The van der Waals surface area contributed by atoms with Gasteiger partial charge in [-0.1, -0.05) is 48.5 Å². The van der Waals surface area contributed by atoms with Crippen LogP contribution in [0.2, 0.25) is 0 Å². The Labute approximate surface area is 183 Å². The Kier molecular flexibility index (Phi) is 4.40. The summed E-state index contributed by atoms with van der Waals surface area (Å²) in [7, 11) is 0. The van der Waals surface area contributed by atoms with Gasteiger partial charge in [-0.2, -0.15) is 0 Å². The molecule has 0 heterocycles. The molecule has 0 bridgehead atoms. The van der Waals surface area contributed by atoms with E-state index in [1.807, 2.05) is 36.4 Å². The van der Waals surface area contributed by atoms with Gasteiger partial charge in [-0.3, -0.25) is 0 Å². The van der Waals surface area contributed by atoms with Gasteiger partial charge < -0.3 is 10.2 Å². The molecule has 2 heteroatoms. The molecule has 0 amide bonds. The molecule has 0 saturated carbocycles. The summed E-state index contributed by atoms with van der Waals surface area (Å²) in [5, 5.41) is 21.6. The van der Waals surface area contributed by atoms with Crippen LogP contribution in [0.3, 0.4) is 0 Å². The molecule has 0 aromatic heterocycles. The first-order valence-corrected chi connectivity index (χ1v) is 10.7. The minimum atomic E-state index is 0.254. The number of hydrogen-bond acceptors (Lipinski definition) is 2. The third-order valence-electron chi connectivity index (χ3n) is 6.95. The van der Waals surface area contributed by atoms with Gasteiger partial charge in [0.2, 0.25) is 0 Å². The third kappa shape index (κ3) is 2.79. The van der Waals surface area contributed by atoms with E-state index < -0.39 is 0 Å². The van der Waals surface area contributed by atoms with Gasteiger partial charge in [0.05, 0.1) is 0 Å². The Hall–Kier alpha value is -3.52. The number of fused-ring (bicyclic) bond motifs is 3. The zero-order valence-electron chi connectivity index (χ0n) is 18.4. The molecule has 4 aromatic carbocycles. The van der Waals surface area contributed by atoms with Crippen molar-refractivity contribution in [1.29, 1.82) is 0 Å². The van der Waals surface area contributed by atoms with Gasteiger partial charge in [-0.05, 0) is 102 Å². The Morgan fingerprint density at radius 3 is 1.71 bits per heavy atom. The second kappa shape index (κ2) is 7.02. The summed E-state index contributed by atoms with van der Waals surface area (Å²) in [4.78, 5) is 0. The van der Waals surface area contributed by atoms with Crippen LogP contribution in [0.5, 0.6) is 11.5 Å². The molecule has 31 heavy (non-hydrogen) atoms. The maximum absolute atomic E-state index is 10.8. The van der Waals surface area contributed by atoms with E-state index in [-0.39, 0.29) is 11.5 Å². The number of phenolic OH excluding ortho intramolecular Hbond substituents is 2. The van der Waals surface area contributed by atoms with E-state index in [4.69, 9.17) is 0 Å². The highest BCUT2D eigenvalue weighted by Crippen LogP contribution is 2.53. The van der Waals surface area contributed by atoms with Crippen molar-refractivity contribution in [3.63, 3.8) is 0 Å². The highest BCUT2D eigenvalue weighted by molar-refractivity contribution is 5.99. The largest absolute Gasteiger partial charge is 0.507 e. The van der Waals surface area contributed by atoms with E-state index in [2.05, 4.69) is 39.8 Å². The SMILES string of the molecule is Cc1ccc2c(c1C)-c1c(C)c(C)c(-c3ccccc3O)c(-c3ccccc3O)c1C2. The summed E-state index contributed by atoms with van der Waals surface area (Å²) in [5.41, 5.74) is 13.8. The third-order valence-corrected chi connectivity index (χ3v) is 6.95. The second-order valence-electron chi connectivity index (χ2n) is 8.61. The summed E-state index contributed by atoms with van der Waals surface area (Å²) in [6, 6.07) is 19.5. The smallest absolute Gasteiger partial charge is 0.123 e. The Bertz CT molecular complexity index is 1360. The van der Waals surface area contributed by atoms with Crippen LogP contribution < -0.4 is 0 Å². The lowest BCUT2D eigenvalue weighted by molar-refractivity contribution is 0.476. The summed E-state index contributed by atoms with van der Waals surface area (Å²) in [6.45, 7) is 8.68. The molecule has 0 saturated heterocycles. The first kappa shape index (κ1) is 19.4. The van der Waals surface area contributed by atoms with Crippen LogP contribution in [0.15, 0.2) is 60.7 Å². The van der Waals surface area contributed by atoms with Crippen LogP contribution >= 0.6 is 0 Å². The maximum Gasteiger partial charge on any atom is 0.123 e. The molecule has 0 unspecified atom stereocenters. The summed E-state index contributed by atoms with van der Waals surface area (Å²) in [5.74, 6) is 0.512. The Morgan fingerprint density at radius 2 is 1.10 bits per heavy atom. The monoisotopic (exact) mass is 406 g/mol. The molecule has 4 aromatic rings. The zero-order valence-corrected chi connectivity index (χ0v) is 18.4. The molecule has 154 valence electrons. The molecule has 0 fully saturated rings. The number of para-hydroxylation sites is 2. The van der Waals surface area contributed by atoms with Crippen molar-refractivity contribution >= 4 is 0 Å². The van der Waals surface area contributed by atoms with Gasteiger partial charge in [0, 0.05) is 11.1 Å². The van der Waals surface area contributed by atoms with E-state index in [0.717, 1.165) is 34.2 Å². The van der Waals surface area contributed by atoms with Crippen molar-refractivity contribution in [1.82, 2.24) is 0 Å². The molecule has 0 spiro atoms. The fourth-order valence-corrected chi connectivity index (χ4v) is 5.14. The highest BCUT2D eigenvalue weighted by Gasteiger charge is 2.31. The van der Waals surface area contributed by atoms with Crippen molar-refractivity contribution in [2.75, 3.05) is 0 Å². The van der Waals surface area contributed by atoms with Crippen LogP contribution in [0.1, 0.15) is 33.4 Å². The number of rotatable bonds is 2. The molecule has 1 aliphatic carbocycles. The van der Waals surface area contributed by atoms with Crippen molar-refractivity contribution in [2.45, 2.75) is 34.1 Å². The van der Waals surface area contributed by atoms with Gasteiger partial charge in [0.1, 0.15) is 11.5 Å². The molecule has 0 aliphatic heterocycles. The minimum absolute atomic E-state index is 0.254. The van der Waals surface area contributed by atoms with Crippen molar-refractivity contribution < 1.29 is 10.2 Å². The van der Waals surface area contributed by atoms with Crippen LogP contribution in [-0.2, 0) is 6.42 Å². The number of phenols is 2. The van der Waals surface area contributed by atoms with Crippen molar-refractivity contribution in [2.24, 2.45) is 0 Å². The fraction of sp³-hybridized carbons (Fsp3) is 0.172. The molecule has 5 rings (SSSR count). The Morgan fingerprint density at radius 1 is 0.548 bits per heavy atom. The average Bonchev–Trinajstić information content (AvgIpc) is 3.15. The maximum atomic E-state index is 10.8. The van der Waals surface area contributed by atoms with Crippen molar-refractivity contribution in [3.8, 4) is 44.9 Å². The van der Waals surface area contributed by atoms with Crippen LogP contribution in [-0.4, -0.2) is 10.2 Å². The van der Waals surface area contributed by atoms with E-state index in [1.54, 1.807) is 12.1 Å². The predicted molar refractivity (Wildman–Crippen MR) is 128 cm³/mol. The number of benzene rings is 4. The molecule has 0 radical (unpaired) electrons. The van der Waals surface area contributed by atoms with E-state index in [9.17, 15) is 10.2 Å². The predicted octanol–water partition coefficient (Wildman–Crippen LogP) is 7.24. The lowest BCUT2D eigenvalue weighted by Gasteiger charge is -2.23. The molecule has 0 atom stereocenters. The van der Waals surface area contributed by atoms with Gasteiger partial charge in [0.15, 0.2) is 0 Å². The van der Waals surface area contributed by atoms with Crippen LogP contribution in [0.4, 0.5) is 0 Å². The second-order valence-corrected chi connectivity index (χ2v) is 8.61. The zero-order chi connectivity index (χ0) is 21.9. The fourth-order valence-electron chi connectivity index (χ4n) is 5.14. The molecule has 2 nitrogen and oxygen atoms in total. The number of hydrogen-bond donors (Lipinski definition) is 2. The topological polar surface area (TPSA) is 40.5 Å². The van der Waals surface area contributed by atoms with Crippen LogP contribution in [0, 0.1) is 27.7 Å². The van der Waals surface area contributed by atoms with Gasteiger partial charge in [-0.15, -0.1) is 0 Å². The quantitative estimate of drug-likeness (QED) is 0.324. The van der Waals surface area contributed by atoms with Gasteiger partial charge in [-0.25, -0.2) is 0 Å². The minimum Gasteiger partial charge on any atom is -0.507 e. The highest BCUT2D eigenvalue weighted by atomic mass is 16.3. The first-order valence-electron chi connectivity index (χ1n) is 10.7. The average molecular weight is 407 g/mol. The summed E-state index contributed by atoms with van der Waals surface area (Å²) < 4.78 is 0. The van der Waals surface area contributed by atoms with E-state index >= 15 is 0 Å². The molecular weight excluding hydrogens is 380 g/mol. The lowest BCUT2D eigenvalue weighted by atomic mass is 9.81. The standard InChI is InChI=1S/C29H26O2/c1-16-13-14-20-15-23-28(26(20)17(16)2)19(4)18(3)27(21-9-5-7-11-24(21)30)29(23)22-10-6-8-12-25(22)31/h5-14,30-31H,15H2,1-4H3. The van der Waals surface area contributed by atoms with E-state index in [1.165, 1.54) is 38.9 Å². The molecule has 1 aliphatic rings. The summed E-state index contributed by atoms with van der Waals surface area (Å²) >= 11 is 0. The Balaban J connectivity index is 1.97. The number of aromatic hydroxyl groups is 2. The molecule has 2 N–H and O–H groups in total. The normalized spacial score (nSPS) is 12.0. The first-order chi connectivity index (χ1) is 14.9. The van der Waals surface area contributed by atoms with Gasteiger partial charge in [0.25, 0.3) is 0 Å². The molecular formula is C29H26O2. The summed E-state index contributed by atoms with van der Waals surface area (Å²) in [6.07, 6.45) is 0.817. The number of aryl methyl sites for hydroxylation is 1. The van der Waals surface area contributed by atoms with E-state index in [0.29, 0.717) is 0 Å². The van der Waals surface area contributed by atoms with Crippen molar-refractivity contribution in [3.05, 3.63) is 94.0 Å². The lowest BCUT2D eigenvalue weighted by Crippen LogP contribution is -2.00. The van der Waals surface area contributed by atoms with Crippen LogP contribution in [0.25, 0.3) is 33.4 Å². The van der Waals surface area contributed by atoms with Gasteiger partial charge >= 0.3 is 0 Å².